The van der Waals surface area contributed by atoms with Crippen molar-refractivity contribution in [3.8, 4) is 0 Å². The summed E-state index contributed by atoms with van der Waals surface area (Å²) in [5.41, 5.74) is 5.14. The fourth-order valence-electron chi connectivity index (χ4n) is 5.68. The normalized spacial score (nSPS) is 18.3. The fourth-order valence-corrected chi connectivity index (χ4v) is 6.19. The van der Waals surface area contributed by atoms with E-state index in [2.05, 4.69) is 26.5 Å². The minimum Gasteiger partial charge on any atom is -0.430 e. The van der Waals surface area contributed by atoms with Gasteiger partial charge in [0.2, 0.25) is 11.8 Å². The number of furan rings is 1. The number of carbonyl (C=O) groups excluding carboxylic acids is 3. The number of hydrogen-bond acceptors (Lipinski definition) is 9. The van der Waals surface area contributed by atoms with Gasteiger partial charge in [-0.15, -0.1) is 16.2 Å². The van der Waals surface area contributed by atoms with Crippen LogP contribution in [0.15, 0.2) is 56.5 Å². The molecule has 3 amide bonds. The number of nitroso groups, excluding NO2 is 1. The summed E-state index contributed by atoms with van der Waals surface area (Å²) in [6.07, 6.45) is 10.2. The van der Waals surface area contributed by atoms with E-state index in [4.69, 9.17) is 4.42 Å². The molecule has 0 atom stereocenters. The highest BCUT2D eigenvalue weighted by Crippen LogP contribution is 2.41. The smallest absolute Gasteiger partial charge is 0.289 e. The molecule has 0 aromatic carbocycles. The molecule has 2 saturated heterocycles. The monoisotopic (exact) mass is 572 g/mol. The molecule has 1 N–H and O–H groups in total. The van der Waals surface area contributed by atoms with Crippen molar-refractivity contribution in [3.63, 3.8) is 0 Å². The second-order valence-corrected chi connectivity index (χ2v) is 11.3. The van der Waals surface area contributed by atoms with Gasteiger partial charge in [-0.1, -0.05) is 5.57 Å². The van der Waals surface area contributed by atoms with E-state index in [0.717, 1.165) is 29.7 Å². The van der Waals surface area contributed by atoms with Gasteiger partial charge in [0.1, 0.15) is 5.82 Å². The maximum Gasteiger partial charge on any atom is 0.289 e. The predicted molar refractivity (Wildman–Crippen MR) is 153 cm³/mol. The van der Waals surface area contributed by atoms with Crippen LogP contribution in [-0.4, -0.2) is 63.7 Å². The Morgan fingerprint density at radius 3 is 2.61 bits per heavy atom. The fraction of sp³-hybridized carbons (Fsp3) is 0.345. The number of nitrogens with one attached hydrogen (secondary N) is 1. The minimum absolute atomic E-state index is 0.0372. The third kappa shape index (κ3) is 5.60. The molecule has 3 aliphatic heterocycles. The Bertz CT molecular complexity index is 1540. The molecule has 0 saturated carbocycles. The van der Waals surface area contributed by atoms with Crippen LogP contribution in [-0.2, 0) is 16.0 Å². The SMILES string of the molecule is O=Nc1ccc(C(=O)N2CCC3(CC2)Cc2cc(C=CC(=O)N4CCC(=Cc5cscn5)CC4)cnc2NC3=O)o1. The lowest BCUT2D eigenvalue weighted by Gasteiger charge is -2.42. The Morgan fingerprint density at radius 2 is 1.90 bits per heavy atom. The molecule has 6 heterocycles. The summed E-state index contributed by atoms with van der Waals surface area (Å²) < 4.78 is 5.17. The maximum absolute atomic E-state index is 13.1. The minimum atomic E-state index is -0.653. The van der Waals surface area contributed by atoms with Gasteiger partial charge in [-0.25, -0.2) is 9.97 Å². The Hall–Kier alpha value is -4.45. The lowest BCUT2D eigenvalue weighted by Crippen LogP contribution is -2.51. The van der Waals surface area contributed by atoms with E-state index < -0.39 is 5.41 Å². The van der Waals surface area contributed by atoms with Crippen molar-refractivity contribution >= 4 is 52.9 Å². The molecule has 0 radical (unpaired) electrons. The largest absolute Gasteiger partial charge is 0.430 e. The highest BCUT2D eigenvalue weighted by molar-refractivity contribution is 7.07. The summed E-state index contributed by atoms with van der Waals surface area (Å²) in [4.78, 5) is 61.6. The van der Waals surface area contributed by atoms with Gasteiger partial charge in [0.05, 0.1) is 16.6 Å². The van der Waals surface area contributed by atoms with Crippen molar-refractivity contribution in [2.24, 2.45) is 10.6 Å². The van der Waals surface area contributed by atoms with Crippen molar-refractivity contribution < 1.29 is 18.8 Å². The van der Waals surface area contributed by atoms with Gasteiger partial charge < -0.3 is 19.5 Å². The Labute approximate surface area is 239 Å². The zero-order chi connectivity index (χ0) is 28.4. The average molecular weight is 573 g/mol. The quantitative estimate of drug-likeness (QED) is 0.346. The molecule has 0 aliphatic carbocycles. The lowest BCUT2D eigenvalue weighted by atomic mass is 9.71. The van der Waals surface area contributed by atoms with Crippen LogP contribution in [0.25, 0.3) is 12.2 Å². The van der Waals surface area contributed by atoms with E-state index in [1.807, 2.05) is 21.9 Å². The number of piperidine rings is 2. The number of thiazole rings is 1. The Morgan fingerprint density at radius 1 is 1.10 bits per heavy atom. The first-order valence-corrected chi connectivity index (χ1v) is 14.4. The number of pyridine rings is 1. The van der Waals surface area contributed by atoms with Crippen LogP contribution in [0, 0.1) is 10.3 Å². The molecule has 0 bridgehead atoms. The van der Waals surface area contributed by atoms with Crippen LogP contribution in [0.5, 0.6) is 0 Å². The van der Waals surface area contributed by atoms with E-state index in [0.29, 0.717) is 51.3 Å². The van der Waals surface area contributed by atoms with Crippen LogP contribution < -0.4 is 5.32 Å². The third-order valence-corrected chi connectivity index (χ3v) is 8.67. The van der Waals surface area contributed by atoms with Crippen molar-refractivity contribution in [2.75, 3.05) is 31.5 Å². The van der Waals surface area contributed by atoms with E-state index >= 15 is 0 Å². The van der Waals surface area contributed by atoms with Crippen LogP contribution in [0.3, 0.4) is 0 Å². The van der Waals surface area contributed by atoms with E-state index in [1.54, 1.807) is 34.6 Å². The molecular formula is C29H28N6O5S. The number of rotatable bonds is 5. The molecule has 11 nitrogen and oxygen atoms in total. The van der Waals surface area contributed by atoms with Gasteiger partial charge in [0.15, 0.2) is 5.76 Å². The highest BCUT2D eigenvalue weighted by Gasteiger charge is 2.45. The van der Waals surface area contributed by atoms with Gasteiger partial charge in [0, 0.05) is 55.1 Å². The van der Waals surface area contributed by atoms with Gasteiger partial charge in [0.25, 0.3) is 11.8 Å². The zero-order valence-electron chi connectivity index (χ0n) is 22.2. The summed E-state index contributed by atoms with van der Waals surface area (Å²) >= 11 is 1.57. The number of aromatic nitrogens is 2. The molecule has 3 aromatic heterocycles. The molecular weight excluding hydrogens is 544 g/mol. The van der Waals surface area contributed by atoms with Crippen molar-refractivity contribution in [3.05, 3.63) is 74.4 Å². The van der Waals surface area contributed by atoms with Gasteiger partial charge in [-0.2, -0.15) is 0 Å². The Balaban J connectivity index is 1.07. The van der Waals surface area contributed by atoms with E-state index in [1.165, 1.54) is 17.7 Å². The van der Waals surface area contributed by atoms with Crippen LogP contribution in [0.1, 0.15) is 53.1 Å². The number of amides is 3. The first-order chi connectivity index (χ1) is 19.9. The maximum atomic E-state index is 13.1. The summed E-state index contributed by atoms with van der Waals surface area (Å²) in [6, 6.07) is 4.75. The molecule has 6 rings (SSSR count). The molecule has 0 unspecified atom stereocenters. The van der Waals surface area contributed by atoms with Gasteiger partial charge in [-0.05, 0) is 67.5 Å². The average Bonchev–Trinajstić information content (AvgIpc) is 3.70. The lowest BCUT2D eigenvalue weighted by molar-refractivity contribution is -0.128. The summed E-state index contributed by atoms with van der Waals surface area (Å²) in [6.45, 7) is 2.10. The molecule has 210 valence electrons. The van der Waals surface area contributed by atoms with Crippen LogP contribution in [0.2, 0.25) is 0 Å². The molecule has 2 fully saturated rings. The van der Waals surface area contributed by atoms with E-state index in [9.17, 15) is 19.3 Å². The van der Waals surface area contributed by atoms with Gasteiger partial charge in [-0.3, -0.25) is 14.4 Å². The van der Waals surface area contributed by atoms with Crippen LogP contribution in [0.4, 0.5) is 11.7 Å². The summed E-state index contributed by atoms with van der Waals surface area (Å²) in [7, 11) is 0. The number of hydrogen-bond donors (Lipinski definition) is 1. The number of anilines is 1. The number of nitrogens with zero attached hydrogens (tertiary/aromatic N) is 5. The molecule has 3 aliphatic rings. The second kappa shape index (κ2) is 11.2. The number of carbonyl (C=O) groups is 3. The number of likely N-dealkylation sites (tertiary alicyclic amines) is 2. The van der Waals surface area contributed by atoms with Gasteiger partial charge >= 0.3 is 0 Å². The first kappa shape index (κ1) is 26.8. The van der Waals surface area contributed by atoms with Crippen molar-refractivity contribution in [2.45, 2.75) is 32.1 Å². The molecule has 3 aromatic rings. The molecule has 41 heavy (non-hydrogen) atoms. The number of fused-ring (bicyclic) bond motifs is 1. The van der Waals surface area contributed by atoms with Crippen molar-refractivity contribution in [1.82, 2.24) is 19.8 Å². The summed E-state index contributed by atoms with van der Waals surface area (Å²) in [5, 5.41) is 7.67. The zero-order valence-corrected chi connectivity index (χ0v) is 23.1. The third-order valence-electron chi connectivity index (χ3n) is 8.07. The van der Waals surface area contributed by atoms with E-state index in [-0.39, 0.29) is 29.4 Å². The highest BCUT2D eigenvalue weighted by atomic mass is 32.1. The topological polar surface area (TPSA) is 138 Å². The Kier molecular flexibility index (Phi) is 7.31. The van der Waals surface area contributed by atoms with Crippen molar-refractivity contribution in [1.29, 1.82) is 0 Å². The van der Waals surface area contributed by atoms with Crippen LogP contribution >= 0.6 is 11.3 Å². The molecule has 12 heteroatoms. The predicted octanol–water partition coefficient (Wildman–Crippen LogP) is 4.67. The molecule has 1 spiro atoms. The second-order valence-electron chi connectivity index (χ2n) is 10.6. The standard InChI is InChI=1S/C29H28N6O5S/c36-25(34-9-5-19(6-10-34)14-22-17-41-18-31-22)4-1-20-13-21-15-29(28(38)32-26(21)30-16-20)7-11-35(12-8-29)27(37)23-2-3-24(33-39)40-23/h1-4,13-14,16-18H,5-12,15H2,(H,30,32,38). The summed E-state index contributed by atoms with van der Waals surface area (Å²) in [5.74, 6) is -0.0186. The first-order valence-electron chi connectivity index (χ1n) is 13.5.